The molecule has 0 heterocycles. The minimum atomic E-state index is -4.65. The quantitative estimate of drug-likeness (QED) is 0.792. The molecule has 1 aromatic carbocycles. The topological polar surface area (TPSA) is 21.3 Å². The summed E-state index contributed by atoms with van der Waals surface area (Å²) >= 11 is 1.60. The molecule has 1 unspecified atom stereocenters. The van der Waals surface area contributed by atoms with Gasteiger partial charge in [0.25, 0.3) is 0 Å². The Bertz CT molecular complexity index is 455. The highest BCUT2D eigenvalue weighted by Gasteiger charge is 2.31. The summed E-state index contributed by atoms with van der Waals surface area (Å²) in [5.41, 5.74) is 1.39. The molecule has 6 heteroatoms. The van der Waals surface area contributed by atoms with E-state index in [0.29, 0.717) is 5.56 Å². The lowest BCUT2D eigenvalue weighted by molar-refractivity contribution is -0.274. The van der Waals surface area contributed by atoms with Gasteiger partial charge in [-0.25, -0.2) is 0 Å². The van der Waals surface area contributed by atoms with E-state index >= 15 is 0 Å². The summed E-state index contributed by atoms with van der Waals surface area (Å²) < 4.78 is 43.9. The molecule has 1 N–H and O–H groups in total. The smallest absolute Gasteiger partial charge is 0.406 e. The van der Waals surface area contributed by atoms with Gasteiger partial charge < -0.3 is 4.74 Å². The van der Waals surface area contributed by atoms with Crippen LogP contribution >= 0.6 is 11.9 Å². The second-order valence-corrected chi connectivity index (χ2v) is 7.29. The minimum Gasteiger partial charge on any atom is -0.406 e. The van der Waals surface area contributed by atoms with Crippen molar-refractivity contribution >= 4 is 11.9 Å². The van der Waals surface area contributed by atoms with Gasteiger partial charge >= 0.3 is 6.36 Å². The van der Waals surface area contributed by atoms with E-state index < -0.39 is 6.36 Å². The molecule has 0 aromatic heterocycles. The van der Waals surface area contributed by atoms with E-state index in [2.05, 4.69) is 30.2 Å². The lowest BCUT2D eigenvalue weighted by Gasteiger charge is -2.22. The Hall–Kier alpha value is -0.880. The van der Waals surface area contributed by atoms with Gasteiger partial charge in [0.15, 0.2) is 0 Å². The van der Waals surface area contributed by atoms with Crippen LogP contribution in [0, 0.1) is 6.92 Å². The van der Waals surface area contributed by atoms with E-state index in [0.717, 1.165) is 5.56 Å². The highest BCUT2D eigenvalue weighted by Crippen LogP contribution is 2.30. The molecule has 0 aliphatic heterocycles. The van der Waals surface area contributed by atoms with Crippen LogP contribution in [0.1, 0.15) is 44.9 Å². The SMILES string of the molecule is Cc1cc(C(C)NSC(C)(C)C)ccc1OC(F)(F)F. The molecule has 0 aliphatic rings. The summed E-state index contributed by atoms with van der Waals surface area (Å²) in [6, 6.07) is 4.76. The van der Waals surface area contributed by atoms with Crippen LogP contribution in [-0.2, 0) is 0 Å². The predicted molar refractivity (Wildman–Crippen MR) is 76.8 cm³/mol. The van der Waals surface area contributed by atoms with Crippen LogP contribution in [0.3, 0.4) is 0 Å². The summed E-state index contributed by atoms with van der Waals surface area (Å²) in [6.45, 7) is 9.83. The number of ether oxygens (including phenoxy) is 1. The Labute approximate surface area is 122 Å². The number of benzene rings is 1. The van der Waals surface area contributed by atoms with Gasteiger partial charge in [0.2, 0.25) is 0 Å². The Morgan fingerprint density at radius 2 is 1.80 bits per heavy atom. The van der Waals surface area contributed by atoms with Crippen LogP contribution in [0.15, 0.2) is 18.2 Å². The van der Waals surface area contributed by atoms with Gasteiger partial charge in [-0.3, -0.25) is 4.72 Å². The lowest BCUT2D eigenvalue weighted by atomic mass is 10.1. The summed E-state index contributed by atoms with van der Waals surface area (Å²) in [5.74, 6) is -0.156. The maximum atomic E-state index is 12.2. The fraction of sp³-hybridized carbons (Fsp3) is 0.571. The largest absolute Gasteiger partial charge is 0.573 e. The molecule has 1 aromatic rings. The number of rotatable bonds is 4. The van der Waals surface area contributed by atoms with E-state index in [9.17, 15) is 13.2 Å². The predicted octanol–water partition coefficient (Wildman–Crippen LogP) is 4.99. The Balaban J connectivity index is 2.76. The average Bonchev–Trinajstić information content (AvgIpc) is 2.26. The van der Waals surface area contributed by atoms with Crippen molar-refractivity contribution in [3.8, 4) is 5.75 Å². The normalized spacial score (nSPS) is 14.2. The average molecular weight is 307 g/mol. The minimum absolute atomic E-state index is 0.0397. The van der Waals surface area contributed by atoms with Crippen molar-refractivity contribution < 1.29 is 17.9 Å². The van der Waals surface area contributed by atoms with Crippen molar-refractivity contribution in [3.63, 3.8) is 0 Å². The molecule has 1 rings (SSSR count). The van der Waals surface area contributed by atoms with Crippen LogP contribution in [0.25, 0.3) is 0 Å². The van der Waals surface area contributed by atoms with Crippen molar-refractivity contribution in [1.82, 2.24) is 4.72 Å². The standard InChI is InChI=1S/C14H20F3NOS/c1-9-8-11(10(2)18-20-13(3,4)5)6-7-12(9)19-14(15,16)17/h6-8,10,18H,1-5H3. The molecule has 0 amide bonds. The summed E-state index contributed by atoms with van der Waals surface area (Å²) in [7, 11) is 0. The van der Waals surface area contributed by atoms with Gasteiger partial charge in [0.1, 0.15) is 5.75 Å². The molecule has 0 fully saturated rings. The lowest BCUT2D eigenvalue weighted by Crippen LogP contribution is -2.20. The molecule has 0 saturated carbocycles. The molecule has 0 bridgehead atoms. The molecule has 2 nitrogen and oxygen atoms in total. The molecule has 0 aliphatic carbocycles. The first-order valence-electron chi connectivity index (χ1n) is 6.28. The number of alkyl halides is 3. The zero-order valence-corrected chi connectivity index (χ0v) is 13.1. The second-order valence-electron chi connectivity index (χ2n) is 5.63. The fourth-order valence-electron chi connectivity index (χ4n) is 1.51. The number of nitrogens with one attached hydrogen (secondary N) is 1. The molecular weight excluding hydrogens is 287 g/mol. The number of hydrogen-bond acceptors (Lipinski definition) is 3. The summed E-state index contributed by atoms with van der Waals surface area (Å²) in [6.07, 6.45) is -4.65. The first-order chi connectivity index (χ1) is 8.98. The van der Waals surface area contributed by atoms with Crippen LogP contribution in [-0.4, -0.2) is 11.1 Å². The van der Waals surface area contributed by atoms with E-state index in [4.69, 9.17) is 0 Å². The fourth-order valence-corrected chi connectivity index (χ4v) is 2.18. The molecule has 20 heavy (non-hydrogen) atoms. The van der Waals surface area contributed by atoms with E-state index in [-0.39, 0.29) is 16.5 Å². The third kappa shape index (κ3) is 6.05. The summed E-state index contributed by atoms with van der Waals surface area (Å²) in [4.78, 5) is 0. The molecule has 1 atom stereocenters. The van der Waals surface area contributed by atoms with Gasteiger partial charge in [-0.15, -0.1) is 13.2 Å². The highest BCUT2D eigenvalue weighted by atomic mass is 32.2. The molecule has 0 radical (unpaired) electrons. The van der Waals surface area contributed by atoms with Crippen molar-refractivity contribution in [2.75, 3.05) is 0 Å². The second kappa shape index (κ2) is 6.26. The molecular formula is C14H20F3NOS. The zero-order chi connectivity index (χ0) is 15.6. The number of aryl methyl sites for hydroxylation is 1. The van der Waals surface area contributed by atoms with Crippen molar-refractivity contribution in [2.24, 2.45) is 0 Å². The van der Waals surface area contributed by atoms with Crippen molar-refractivity contribution in [2.45, 2.75) is 51.8 Å². The van der Waals surface area contributed by atoms with Crippen molar-refractivity contribution in [1.29, 1.82) is 0 Å². The van der Waals surface area contributed by atoms with Gasteiger partial charge in [-0.1, -0.05) is 24.1 Å². The van der Waals surface area contributed by atoms with E-state index in [1.165, 1.54) is 6.07 Å². The first kappa shape index (κ1) is 17.2. The van der Waals surface area contributed by atoms with Crippen LogP contribution in [0.2, 0.25) is 0 Å². The zero-order valence-electron chi connectivity index (χ0n) is 12.3. The van der Waals surface area contributed by atoms with E-state index in [1.807, 2.05) is 6.92 Å². The molecule has 0 saturated heterocycles. The Kier molecular flexibility index (Phi) is 5.38. The monoisotopic (exact) mass is 307 g/mol. The summed E-state index contributed by atoms with van der Waals surface area (Å²) in [5, 5.41) is 0. The maximum Gasteiger partial charge on any atom is 0.573 e. The molecule has 114 valence electrons. The Morgan fingerprint density at radius 1 is 1.20 bits per heavy atom. The first-order valence-corrected chi connectivity index (χ1v) is 7.09. The van der Waals surface area contributed by atoms with Crippen LogP contribution in [0.5, 0.6) is 5.75 Å². The number of hydrogen-bond donors (Lipinski definition) is 1. The maximum absolute atomic E-state index is 12.2. The third-order valence-electron chi connectivity index (χ3n) is 2.47. The van der Waals surface area contributed by atoms with Crippen LogP contribution < -0.4 is 9.46 Å². The van der Waals surface area contributed by atoms with Gasteiger partial charge in [0.05, 0.1) is 0 Å². The number of halogens is 3. The van der Waals surface area contributed by atoms with Gasteiger partial charge in [-0.2, -0.15) is 0 Å². The van der Waals surface area contributed by atoms with Crippen molar-refractivity contribution in [3.05, 3.63) is 29.3 Å². The van der Waals surface area contributed by atoms with Crippen LogP contribution in [0.4, 0.5) is 13.2 Å². The Morgan fingerprint density at radius 3 is 2.25 bits per heavy atom. The third-order valence-corrected chi connectivity index (χ3v) is 3.55. The molecule has 0 spiro atoms. The van der Waals surface area contributed by atoms with Gasteiger partial charge in [0, 0.05) is 10.8 Å². The highest BCUT2D eigenvalue weighted by molar-refractivity contribution is 7.98. The van der Waals surface area contributed by atoms with Gasteiger partial charge in [-0.05, 0) is 51.8 Å². The van der Waals surface area contributed by atoms with E-state index in [1.54, 1.807) is 31.0 Å².